The number of unbranched alkanes of at least 4 members (excludes halogenated alkanes) is 1. The first-order valence-corrected chi connectivity index (χ1v) is 7.58. The second-order valence-corrected chi connectivity index (χ2v) is 5.33. The predicted molar refractivity (Wildman–Crippen MR) is 73.4 cm³/mol. The van der Waals surface area contributed by atoms with Crippen molar-refractivity contribution in [2.75, 3.05) is 26.4 Å². The Morgan fingerprint density at radius 1 is 1.36 bits per heavy atom. The summed E-state index contributed by atoms with van der Waals surface area (Å²) in [4.78, 5) is 11.8. The van der Waals surface area contributed by atoms with E-state index in [9.17, 15) is 13.6 Å². The van der Waals surface area contributed by atoms with Crippen LogP contribution in [0.2, 0.25) is 0 Å². The fourth-order valence-electron chi connectivity index (χ4n) is 2.09. The number of hydrogen-bond acceptors (Lipinski definition) is 5. The van der Waals surface area contributed by atoms with Gasteiger partial charge in [0.05, 0.1) is 6.61 Å². The van der Waals surface area contributed by atoms with Crippen LogP contribution in [-0.2, 0) is 23.7 Å². The van der Waals surface area contributed by atoms with Crippen LogP contribution in [0.15, 0.2) is 0 Å². The van der Waals surface area contributed by atoms with Crippen LogP contribution in [0.3, 0.4) is 0 Å². The maximum Gasteiger partial charge on any atom is 0.367 e. The highest BCUT2D eigenvalue weighted by atomic mass is 19.3. The molecule has 1 fully saturated rings. The Balaban J connectivity index is 2.77. The monoisotopic (exact) mass is 326 g/mol. The molecule has 1 aliphatic rings. The van der Waals surface area contributed by atoms with Crippen LogP contribution in [0.1, 0.15) is 26.7 Å². The number of ether oxygens (including phenoxy) is 4. The van der Waals surface area contributed by atoms with Gasteiger partial charge in [-0.15, -0.1) is 0 Å². The fraction of sp³-hybridized carbons (Fsp3) is 0.929. The van der Waals surface area contributed by atoms with Gasteiger partial charge in [0, 0.05) is 6.61 Å². The molecule has 0 spiro atoms. The maximum absolute atomic E-state index is 12.4. The molecule has 0 aromatic carbocycles. The Kier molecular flexibility index (Phi) is 8.77. The lowest BCUT2D eigenvalue weighted by molar-refractivity contribution is -0.415. The SMILES string of the molecule is CCCCO[C@H]1COC[C@H]([NH3+])C(=O)O[C@@H](C)[C@@H]1OCC(F)F. The summed E-state index contributed by atoms with van der Waals surface area (Å²) in [6.45, 7) is 3.58. The number of rotatable bonds is 7. The van der Waals surface area contributed by atoms with Crippen molar-refractivity contribution in [3.8, 4) is 0 Å². The molecule has 0 saturated carbocycles. The van der Waals surface area contributed by atoms with Gasteiger partial charge in [-0.1, -0.05) is 13.3 Å². The molecule has 0 amide bonds. The Morgan fingerprint density at radius 3 is 2.73 bits per heavy atom. The first-order valence-electron chi connectivity index (χ1n) is 7.58. The van der Waals surface area contributed by atoms with Gasteiger partial charge in [0.15, 0.2) is 0 Å². The number of hydrogen-bond donors (Lipinski definition) is 1. The van der Waals surface area contributed by atoms with Gasteiger partial charge in [-0.05, 0) is 13.3 Å². The van der Waals surface area contributed by atoms with Crippen molar-refractivity contribution in [3.63, 3.8) is 0 Å². The quantitative estimate of drug-likeness (QED) is 0.541. The lowest BCUT2D eigenvalue weighted by Crippen LogP contribution is -2.67. The van der Waals surface area contributed by atoms with Gasteiger partial charge in [0.1, 0.15) is 31.5 Å². The van der Waals surface area contributed by atoms with Crippen molar-refractivity contribution in [1.29, 1.82) is 0 Å². The molecule has 1 saturated heterocycles. The van der Waals surface area contributed by atoms with E-state index in [2.05, 4.69) is 5.73 Å². The van der Waals surface area contributed by atoms with E-state index in [-0.39, 0.29) is 13.2 Å². The lowest BCUT2D eigenvalue weighted by atomic mass is 10.1. The molecule has 1 heterocycles. The van der Waals surface area contributed by atoms with E-state index in [4.69, 9.17) is 18.9 Å². The normalized spacial score (nSPS) is 30.5. The average molecular weight is 326 g/mol. The van der Waals surface area contributed by atoms with E-state index < -0.39 is 43.4 Å². The summed E-state index contributed by atoms with van der Waals surface area (Å²) in [5, 5.41) is 0. The molecule has 0 aromatic rings. The second kappa shape index (κ2) is 10.0. The summed E-state index contributed by atoms with van der Waals surface area (Å²) in [6.07, 6.45) is -2.91. The third-order valence-corrected chi connectivity index (χ3v) is 3.31. The minimum Gasteiger partial charge on any atom is -0.455 e. The molecular weight excluding hydrogens is 300 g/mol. The van der Waals surface area contributed by atoms with Crippen LogP contribution in [0.5, 0.6) is 0 Å². The number of halogens is 2. The Hall–Kier alpha value is -0.830. The van der Waals surface area contributed by atoms with Crippen LogP contribution in [-0.4, -0.2) is 63.2 Å². The molecule has 4 atom stereocenters. The van der Waals surface area contributed by atoms with Crippen LogP contribution >= 0.6 is 0 Å². The van der Waals surface area contributed by atoms with Gasteiger partial charge in [-0.2, -0.15) is 0 Å². The second-order valence-electron chi connectivity index (χ2n) is 5.33. The summed E-state index contributed by atoms with van der Waals surface area (Å²) in [5.41, 5.74) is 3.65. The van der Waals surface area contributed by atoms with E-state index in [1.807, 2.05) is 6.92 Å². The van der Waals surface area contributed by atoms with Crippen molar-refractivity contribution in [1.82, 2.24) is 0 Å². The highest BCUT2D eigenvalue weighted by Crippen LogP contribution is 2.17. The van der Waals surface area contributed by atoms with Crippen molar-refractivity contribution in [2.24, 2.45) is 0 Å². The molecule has 0 aromatic heterocycles. The van der Waals surface area contributed by atoms with E-state index in [0.29, 0.717) is 6.61 Å². The third kappa shape index (κ3) is 6.51. The lowest BCUT2D eigenvalue weighted by Gasteiger charge is -2.30. The zero-order valence-corrected chi connectivity index (χ0v) is 13.1. The van der Waals surface area contributed by atoms with E-state index in [1.165, 1.54) is 0 Å². The highest BCUT2D eigenvalue weighted by Gasteiger charge is 2.36. The van der Waals surface area contributed by atoms with Gasteiger partial charge in [-0.3, -0.25) is 0 Å². The number of esters is 1. The van der Waals surface area contributed by atoms with Crippen LogP contribution in [0.25, 0.3) is 0 Å². The number of carbonyl (C=O) groups excluding carboxylic acids is 1. The van der Waals surface area contributed by atoms with Gasteiger partial charge in [0.2, 0.25) is 6.04 Å². The van der Waals surface area contributed by atoms with Gasteiger partial charge in [-0.25, -0.2) is 13.6 Å². The minimum atomic E-state index is -2.60. The molecule has 0 unspecified atom stereocenters. The third-order valence-electron chi connectivity index (χ3n) is 3.31. The summed E-state index contributed by atoms with van der Waals surface area (Å²) in [5.74, 6) is -0.535. The van der Waals surface area contributed by atoms with E-state index >= 15 is 0 Å². The molecule has 1 aliphatic heterocycles. The predicted octanol–water partition coefficient (Wildman–Crippen LogP) is 0.394. The highest BCUT2D eigenvalue weighted by molar-refractivity contribution is 5.74. The van der Waals surface area contributed by atoms with Crippen LogP contribution in [0.4, 0.5) is 8.78 Å². The molecule has 22 heavy (non-hydrogen) atoms. The summed E-state index contributed by atoms with van der Waals surface area (Å²) in [7, 11) is 0. The van der Waals surface area contributed by atoms with Gasteiger partial charge in [0.25, 0.3) is 6.43 Å². The van der Waals surface area contributed by atoms with Crippen molar-refractivity contribution < 1.29 is 38.3 Å². The zero-order valence-electron chi connectivity index (χ0n) is 13.1. The summed E-state index contributed by atoms with van der Waals surface area (Å²) in [6, 6.07) is -0.660. The van der Waals surface area contributed by atoms with Crippen molar-refractivity contribution in [2.45, 2.75) is 57.5 Å². The molecule has 3 N–H and O–H groups in total. The maximum atomic E-state index is 12.4. The molecule has 0 radical (unpaired) electrons. The molecule has 130 valence electrons. The van der Waals surface area contributed by atoms with E-state index in [0.717, 1.165) is 12.8 Å². The average Bonchev–Trinajstić information content (AvgIpc) is 2.49. The number of alkyl halides is 2. The topological polar surface area (TPSA) is 81.6 Å². The van der Waals surface area contributed by atoms with Gasteiger partial charge < -0.3 is 24.7 Å². The Morgan fingerprint density at radius 2 is 2.09 bits per heavy atom. The molecule has 8 heteroatoms. The molecular formula is C14H26F2NO5+. The summed E-state index contributed by atoms with van der Waals surface area (Å²) < 4.78 is 46.4. The standard InChI is InChI=1S/C14H25F2NO5/c1-3-4-5-20-11-7-19-6-10(17)14(18)22-9(2)13(11)21-8-12(15)16/h9-13H,3-8,17H2,1-2H3/p+1/t9-,10-,11-,13-/m0/s1. The smallest absolute Gasteiger partial charge is 0.367 e. The molecule has 0 aliphatic carbocycles. The zero-order chi connectivity index (χ0) is 16.5. The number of carbonyl (C=O) groups is 1. The fourth-order valence-corrected chi connectivity index (χ4v) is 2.09. The molecule has 0 bridgehead atoms. The van der Waals surface area contributed by atoms with Crippen LogP contribution in [0, 0.1) is 0 Å². The first kappa shape index (κ1) is 19.2. The summed E-state index contributed by atoms with van der Waals surface area (Å²) >= 11 is 0. The molecule has 1 rings (SSSR count). The largest absolute Gasteiger partial charge is 0.455 e. The number of quaternary nitrogens is 1. The van der Waals surface area contributed by atoms with Crippen LogP contribution < -0.4 is 5.73 Å². The number of cyclic esters (lactones) is 1. The van der Waals surface area contributed by atoms with Gasteiger partial charge >= 0.3 is 5.97 Å². The first-order chi connectivity index (χ1) is 10.5. The Bertz CT molecular complexity index is 332. The minimum absolute atomic E-state index is 0.0980. The van der Waals surface area contributed by atoms with Crippen molar-refractivity contribution in [3.05, 3.63) is 0 Å². The molecule has 6 nitrogen and oxygen atoms in total. The Labute approximate surface area is 129 Å². The van der Waals surface area contributed by atoms with Crippen molar-refractivity contribution >= 4 is 5.97 Å². The van der Waals surface area contributed by atoms with E-state index in [1.54, 1.807) is 6.92 Å².